The molecule has 3 aromatic rings. The van der Waals surface area contributed by atoms with Crippen molar-refractivity contribution in [1.82, 2.24) is 14.9 Å². The maximum absolute atomic E-state index is 13.1. The van der Waals surface area contributed by atoms with Crippen LogP contribution in [0, 0.1) is 6.92 Å². The number of aromatic nitrogens is 3. The Morgan fingerprint density at radius 1 is 1.15 bits per heavy atom. The van der Waals surface area contributed by atoms with E-state index >= 15 is 0 Å². The van der Waals surface area contributed by atoms with Crippen molar-refractivity contribution in [2.24, 2.45) is 0 Å². The molecular formula is C26H35N4O2S2+. The monoisotopic (exact) mass is 499 g/mol. The summed E-state index contributed by atoms with van der Waals surface area (Å²) in [5.41, 5.74) is 4.93. The van der Waals surface area contributed by atoms with Gasteiger partial charge in [0.05, 0.1) is 24.4 Å². The Morgan fingerprint density at radius 2 is 1.76 bits per heavy atom. The minimum atomic E-state index is -0.534. The number of methoxy groups -OCH3 is 1. The third kappa shape index (κ3) is 3.84. The van der Waals surface area contributed by atoms with Crippen LogP contribution in [0.25, 0.3) is 17.0 Å². The molecule has 8 heteroatoms. The van der Waals surface area contributed by atoms with Crippen molar-refractivity contribution < 1.29 is 14.1 Å². The Labute approximate surface area is 212 Å². The summed E-state index contributed by atoms with van der Waals surface area (Å²) in [6.07, 6.45) is 2.66. The van der Waals surface area contributed by atoms with Gasteiger partial charge in [0.2, 0.25) is 0 Å². The van der Waals surface area contributed by atoms with Gasteiger partial charge in [0.15, 0.2) is 11.3 Å². The number of hydrogen-bond acceptors (Lipinski definition) is 6. The highest BCUT2D eigenvalue weighted by Crippen LogP contribution is 2.47. The van der Waals surface area contributed by atoms with Gasteiger partial charge in [-0.3, -0.25) is 9.69 Å². The van der Waals surface area contributed by atoms with Crippen LogP contribution in [0.4, 0.5) is 0 Å². The van der Waals surface area contributed by atoms with Gasteiger partial charge in [-0.05, 0) is 72.0 Å². The molecule has 0 saturated heterocycles. The van der Waals surface area contributed by atoms with Crippen LogP contribution in [-0.2, 0) is 22.0 Å². The zero-order valence-electron chi connectivity index (χ0n) is 21.2. The lowest BCUT2D eigenvalue weighted by atomic mass is 9.80. The molecule has 6 nitrogen and oxygen atoms in total. The fourth-order valence-electron chi connectivity index (χ4n) is 5.22. The Kier molecular flexibility index (Phi) is 6.32. The molecule has 2 unspecified atom stereocenters. The van der Waals surface area contributed by atoms with Crippen molar-refractivity contribution >= 4 is 42.1 Å². The molecule has 0 bridgehead atoms. The molecule has 0 fully saturated rings. The molecule has 1 aromatic carbocycles. The van der Waals surface area contributed by atoms with Crippen molar-refractivity contribution in [3.05, 3.63) is 46.8 Å². The summed E-state index contributed by atoms with van der Waals surface area (Å²) in [6.45, 7) is 10.1. The Morgan fingerprint density at radius 3 is 2.35 bits per heavy atom. The number of ether oxygens (including phenoxy) is 1. The predicted molar refractivity (Wildman–Crippen MR) is 143 cm³/mol. The number of imidazole rings is 1. The number of fused-ring (bicyclic) bond motifs is 2. The van der Waals surface area contributed by atoms with Crippen molar-refractivity contribution in [2.45, 2.75) is 62.5 Å². The zero-order valence-corrected chi connectivity index (χ0v) is 23.0. The van der Waals surface area contributed by atoms with Crippen LogP contribution in [0.2, 0.25) is 0 Å². The quantitative estimate of drug-likeness (QED) is 0.273. The molecule has 1 aliphatic carbocycles. The van der Waals surface area contributed by atoms with E-state index in [9.17, 15) is 4.79 Å². The molecule has 2 heterocycles. The summed E-state index contributed by atoms with van der Waals surface area (Å²) in [7, 11) is 5.68. The lowest BCUT2D eigenvalue weighted by Gasteiger charge is -2.25. The van der Waals surface area contributed by atoms with Crippen molar-refractivity contribution in [2.75, 3.05) is 21.2 Å². The SMILES string of the molecule is COc1cc[n+](-c2nc3cc4c(cc3[nH]2)C(C)(C)C(=O)C4(C)C)c(CC(S)C(S)N(C)C)c1C. The highest BCUT2D eigenvalue weighted by Gasteiger charge is 2.50. The molecule has 2 aromatic heterocycles. The summed E-state index contributed by atoms with van der Waals surface area (Å²) < 4.78 is 7.68. The largest absolute Gasteiger partial charge is 0.496 e. The van der Waals surface area contributed by atoms with Crippen LogP contribution < -0.4 is 9.30 Å². The van der Waals surface area contributed by atoms with Crippen molar-refractivity contribution in [3.8, 4) is 11.7 Å². The lowest BCUT2D eigenvalue weighted by Crippen LogP contribution is -2.41. The Balaban J connectivity index is 1.85. The summed E-state index contributed by atoms with van der Waals surface area (Å²) >= 11 is 9.59. The number of hydrogen-bond donors (Lipinski definition) is 3. The van der Waals surface area contributed by atoms with Crippen LogP contribution >= 0.6 is 25.3 Å². The van der Waals surface area contributed by atoms with E-state index in [1.54, 1.807) is 7.11 Å². The van der Waals surface area contributed by atoms with Crippen molar-refractivity contribution in [3.63, 3.8) is 0 Å². The lowest BCUT2D eigenvalue weighted by molar-refractivity contribution is -0.612. The van der Waals surface area contributed by atoms with Gasteiger partial charge in [0.25, 0.3) is 0 Å². The van der Waals surface area contributed by atoms with Gasteiger partial charge < -0.3 is 4.74 Å². The maximum atomic E-state index is 13.1. The van der Waals surface area contributed by atoms with Crippen LogP contribution in [0.1, 0.15) is 50.1 Å². The van der Waals surface area contributed by atoms with E-state index in [1.165, 1.54) is 0 Å². The summed E-state index contributed by atoms with van der Waals surface area (Å²) in [6, 6.07) is 6.13. The number of ketones is 1. The minimum absolute atomic E-state index is 0.00354. The molecule has 34 heavy (non-hydrogen) atoms. The molecular weight excluding hydrogens is 464 g/mol. The van der Waals surface area contributed by atoms with Crippen LogP contribution in [0.3, 0.4) is 0 Å². The second kappa shape index (κ2) is 8.57. The fourth-order valence-corrected chi connectivity index (χ4v) is 5.76. The second-order valence-corrected chi connectivity index (χ2v) is 11.7. The molecule has 0 amide bonds. The third-order valence-corrected chi connectivity index (χ3v) is 8.80. The summed E-state index contributed by atoms with van der Waals surface area (Å²) in [5.74, 6) is 1.79. The van der Waals surface area contributed by atoms with E-state index < -0.39 is 10.8 Å². The Hall–Kier alpha value is -2.03. The first-order valence-electron chi connectivity index (χ1n) is 11.5. The number of benzene rings is 1. The van der Waals surface area contributed by atoms with Gasteiger partial charge in [-0.1, -0.05) is 4.98 Å². The standard InChI is InChI=1S/C26H34N4O2S2/c1-14-19(13-21(33)22(34)29(6)7)30(10-9-20(14)32-8)24-27-17-11-15-16(12-18(17)28-24)26(4,5)23(31)25(15,2)3/h9-12,21-22H,13H2,1-8H3,(H2-,27,28,33,34)/p+1. The number of carbonyl (C=O) groups is 1. The number of H-pyrrole nitrogens is 1. The van der Waals surface area contributed by atoms with E-state index in [4.69, 9.17) is 35.0 Å². The van der Waals surface area contributed by atoms with E-state index in [1.807, 2.05) is 59.0 Å². The van der Waals surface area contributed by atoms with Crippen molar-refractivity contribution in [1.29, 1.82) is 0 Å². The number of rotatable bonds is 6. The van der Waals surface area contributed by atoms with Crippen LogP contribution in [0.5, 0.6) is 5.75 Å². The van der Waals surface area contributed by atoms with Gasteiger partial charge >= 0.3 is 5.95 Å². The molecule has 1 aliphatic rings. The second-order valence-electron chi connectivity index (χ2n) is 10.5. The summed E-state index contributed by atoms with van der Waals surface area (Å²) in [5, 5.41) is -0.0146. The Bertz CT molecular complexity index is 1220. The van der Waals surface area contributed by atoms with Gasteiger partial charge in [-0.25, -0.2) is 9.55 Å². The number of carbonyl (C=O) groups excluding carboxylic acids is 1. The summed E-state index contributed by atoms with van der Waals surface area (Å²) in [4.78, 5) is 23.6. The van der Waals surface area contributed by atoms with E-state index in [2.05, 4.69) is 28.6 Å². The minimum Gasteiger partial charge on any atom is -0.496 e. The van der Waals surface area contributed by atoms with Crippen LogP contribution in [-0.4, -0.2) is 52.5 Å². The number of pyridine rings is 1. The van der Waals surface area contributed by atoms with Gasteiger partial charge in [0.1, 0.15) is 11.3 Å². The number of thiol groups is 2. The third-order valence-electron chi connectivity index (χ3n) is 7.28. The molecule has 0 spiro atoms. The van der Waals surface area contributed by atoms with E-state index in [0.29, 0.717) is 6.42 Å². The van der Waals surface area contributed by atoms with Gasteiger partial charge in [-0.2, -0.15) is 25.3 Å². The number of nitrogens with one attached hydrogen (secondary N) is 1. The molecule has 0 radical (unpaired) electrons. The molecule has 182 valence electrons. The van der Waals surface area contributed by atoms with Gasteiger partial charge in [-0.15, -0.1) is 0 Å². The molecule has 4 rings (SSSR count). The first kappa shape index (κ1) is 25.1. The van der Waals surface area contributed by atoms with E-state index in [0.717, 1.165) is 45.1 Å². The molecule has 0 aliphatic heterocycles. The number of nitrogens with zero attached hydrogens (tertiary/aromatic N) is 3. The van der Waals surface area contributed by atoms with Gasteiger partial charge in [0, 0.05) is 34.1 Å². The number of aromatic amines is 1. The predicted octanol–water partition coefficient (Wildman–Crippen LogP) is 3.95. The first-order chi connectivity index (χ1) is 15.8. The zero-order chi connectivity index (χ0) is 25.2. The smallest absolute Gasteiger partial charge is 0.402 e. The van der Waals surface area contributed by atoms with E-state index in [-0.39, 0.29) is 16.4 Å². The average molecular weight is 500 g/mol. The molecule has 2 atom stereocenters. The molecule has 0 saturated carbocycles. The van der Waals surface area contributed by atoms with Crippen LogP contribution in [0.15, 0.2) is 24.4 Å². The molecule has 1 N–H and O–H groups in total. The topological polar surface area (TPSA) is 62.1 Å². The first-order valence-corrected chi connectivity index (χ1v) is 12.5. The maximum Gasteiger partial charge on any atom is 0.402 e. The highest BCUT2D eigenvalue weighted by atomic mass is 32.1. The average Bonchev–Trinajstić information content (AvgIpc) is 3.25. The highest BCUT2D eigenvalue weighted by molar-refractivity contribution is 7.85. The fraction of sp³-hybridized carbons (Fsp3) is 0.500. The normalized spacial score (nSPS) is 18.4. The number of Topliss-reactive ketones (excluding diaryl/α,β-unsaturated/α-hetero) is 1.